The number of carbonyl (C=O) groups is 1. The van der Waals surface area contributed by atoms with Crippen molar-refractivity contribution in [2.45, 2.75) is 38.8 Å². The first-order valence-corrected chi connectivity index (χ1v) is 8.51. The van der Waals surface area contributed by atoms with Crippen molar-refractivity contribution < 1.29 is 4.79 Å². The van der Waals surface area contributed by atoms with Crippen molar-refractivity contribution in [1.29, 1.82) is 0 Å². The largest absolute Gasteiger partial charge is 0.350 e. The van der Waals surface area contributed by atoms with Crippen LogP contribution in [0.25, 0.3) is 11.4 Å². The topological polar surface area (TPSA) is 84.7 Å². The smallest absolute Gasteiger partial charge is 0.247 e. The molecule has 0 radical (unpaired) electrons. The minimum atomic E-state index is -0.461. The third kappa shape index (κ3) is 3.79. The van der Waals surface area contributed by atoms with E-state index in [4.69, 9.17) is 0 Å². The van der Waals surface area contributed by atoms with Crippen molar-refractivity contribution >= 4 is 5.91 Å². The first-order chi connectivity index (χ1) is 11.6. The highest BCUT2D eigenvalue weighted by atomic mass is 16.2. The maximum atomic E-state index is 12.7. The molecule has 1 aliphatic heterocycles. The van der Waals surface area contributed by atoms with Gasteiger partial charge in [0.2, 0.25) is 11.7 Å². The Morgan fingerprint density at radius 1 is 1.33 bits per heavy atom. The Labute approximate surface area is 141 Å². The highest BCUT2D eigenvalue weighted by Gasteiger charge is 2.29. The maximum absolute atomic E-state index is 12.7. The number of nitrogens with zero attached hydrogens (tertiary/aromatic N) is 4. The number of aromatic nitrogens is 4. The standard InChI is InChI=1S/C17H24N6O/c1-12(2)15(17(24)19-14-9-6-10-18-11-14)23-21-16(20-22-23)13-7-4-3-5-8-13/h3-5,7-8,12,14-15,18H,6,9-11H2,1-2H3,(H,19,24). The Balaban J connectivity index is 1.75. The molecule has 2 aromatic rings. The molecule has 0 spiro atoms. The third-order valence-electron chi connectivity index (χ3n) is 4.25. The Hall–Kier alpha value is -2.28. The fourth-order valence-electron chi connectivity index (χ4n) is 2.98. The predicted molar refractivity (Wildman–Crippen MR) is 91.2 cm³/mol. The van der Waals surface area contributed by atoms with Gasteiger partial charge in [-0.15, -0.1) is 10.2 Å². The van der Waals surface area contributed by atoms with Gasteiger partial charge in [-0.05, 0) is 30.5 Å². The summed E-state index contributed by atoms with van der Waals surface area (Å²) < 4.78 is 0. The van der Waals surface area contributed by atoms with Gasteiger partial charge in [-0.25, -0.2) is 0 Å². The second-order valence-electron chi connectivity index (χ2n) is 6.54. The number of carbonyl (C=O) groups excluding carboxylic acids is 1. The number of hydrogen-bond donors (Lipinski definition) is 2. The van der Waals surface area contributed by atoms with Crippen LogP contribution in [0.1, 0.15) is 32.7 Å². The fourth-order valence-corrected chi connectivity index (χ4v) is 2.98. The Bertz CT molecular complexity index is 663. The van der Waals surface area contributed by atoms with E-state index in [0.717, 1.165) is 31.5 Å². The number of amides is 1. The van der Waals surface area contributed by atoms with Crippen LogP contribution in [-0.2, 0) is 4.79 Å². The normalized spacial score (nSPS) is 19.2. The molecule has 128 valence electrons. The summed E-state index contributed by atoms with van der Waals surface area (Å²) in [4.78, 5) is 14.2. The van der Waals surface area contributed by atoms with Crippen molar-refractivity contribution in [3.05, 3.63) is 30.3 Å². The lowest BCUT2D eigenvalue weighted by Gasteiger charge is -2.27. The maximum Gasteiger partial charge on any atom is 0.247 e. The molecule has 0 bridgehead atoms. The highest BCUT2D eigenvalue weighted by molar-refractivity contribution is 5.80. The van der Waals surface area contributed by atoms with E-state index < -0.39 is 6.04 Å². The molecule has 1 fully saturated rings. The van der Waals surface area contributed by atoms with E-state index in [0.29, 0.717) is 5.82 Å². The zero-order chi connectivity index (χ0) is 16.9. The lowest BCUT2D eigenvalue weighted by Crippen LogP contribution is -2.48. The van der Waals surface area contributed by atoms with E-state index in [1.807, 2.05) is 44.2 Å². The van der Waals surface area contributed by atoms with Gasteiger partial charge in [0, 0.05) is 18.2 Å². The van der Waals surface area contributed by atoms with Crippen molar-refractivity contribution in [3.63, 3.8) is 0 Å². The minimum absolute atomic E-state index is 0.0456. The van der Waals surface area contributed by atoms with Crippen LogP contribution >= 0.6 is 0 Å². The van der Waals surface area contributed by atoms with E-state index >= 15 is 0 Å². The van der Waals surface area contributed by atoms with E-state index in [2.05, 4.69) is 26.0 Å². The van der Waals surface area contributed by atoms with Gasteiger partial charge in [-0.3, -0.25) is 4.79 Å². The molecule has 2 N–H and O–H groups in total. The monoisotopic (exact) mass is 328 g/mol. The Morgan fingerprint density at radius 2 is 2.12 bits per heavy atom. The summed E-state index contributed by atoms with van der Waals surface area (Å²) in [5.74, 6) is 0.559. The number of nitrogens with one attached hydrogen (secondary N) is 2. The SMILES string of the molecule is CC(C)C(C(=O)NC1CCCNC1)n1nnc(-c2ccccc2)n1. The lowest BCUT2D eigenvalue weighted by molar-refractivity contribution is -0.127. The number of benzene rings is 1. The summed E-state index contributed by atoms with van der Waals surface area (Å²) in [6.45, 7) is 5.82. The molecule has 0 aliphatic carbocycles. The molecule has 1 aromatic heterocycles. The average molecular weight is 328 g/mol. The molecule has 2 heterocycles. The van der Waals surface area contributed by atoms with Gasteiger partial charge in [0.25, 0.3) is 0 Å². The van der Waals surface area contributed by atoms with Gasteiger partial charge >= 0.3 is 0 Å². The van der Waals surface area contributed by atoms with E-state index in [1.165, 1.54) is 4.80 Å². The molecule has 2 atom stereocenters. The molecule has 0 saturated carbocycles. The van der Waals surface area contributed by atoms with Gasteiger partial charge < -0.3 is 10.6 Å². The minimum Gasteiger partial charge on any atom is -0.350 e. The number of hydrogen-bond acceptors (Lipinski definition) is 5. The zero-order valence-electron chi connectivity index (χ0n) is 14.1. The zero-order valence-corrected chi connectivity index (χ0v) is 14.1. The first kappa shape index (κ1) is 16.6. The number of rotatable bonds is 5. The van der Waals surface area contributed by atoms with Gasteiger partial charge in [0.05, 0.1) is 0 Å². The van der Waals surface area contributed by atoms with Gasteiger partial charge in [0.1, 0.15) is 0 Å². The van der Waals surface area contributed by atoms with Crippen LogP contribution in [0.4, 0.5) is 0 Å². The molecule has 1 aliphatic rings. The molecule has 1 aromatic carbocycles. The van der Waals surface area contributed by atoms with Gasteiger partial charge in [-0.1, -0.05) is 44.2 Å². The second kappa shape index (κ2) is 7.53. The van der Waals surface area contributed by atoms with E-state index in [-0.39, 0.29) is 17.9 Å². The van der Waals surface area contributed by atoms with Crippen LogP contribution in [0, 0.1) is 5.92 Å². The molecule has 1 amide bonds. The molecule has 3 rings (SSSR count). The molecule has 24 heavy (non-hydrogen) atoms. The summed E-state index contributed by atoms with van der Waals surface area (Å²) in [6.07, 6.45) is 2.08. The second-order valence-corrected chi connectivity index (χ2v) is 6.54. The summed E-state index contributed by atoms with van der Waals surface area (Å²) in [5, 5.41) is 19.1. The van der Waals surface area contributed by atoms with Crippen LogP contribution in [-0.4, -0.2) is 45.2 Å². The summed E-state index contributed by atoms with van der Waals surface area (Å²) in [7, 11) is 0. The Kier molecular flexibility index (Phi) is 5.20. The first-order valence-electron chi connectivity index (χ1n) is 8.51. The quantitative estimate of drug-likeness (QED) is 0.867. The highest BCUT2D eigenvalue weighted by Crippen LogP contribution is 2.19. The van der Waals surface area contributed by atoms with Crippen molar-refractivity contribution in [3.8, 4) is 11.4 Å². The van der Waals surface area contributed by atoms with E-state index in [9.17, 15) is 4.79 Å². The molecular weight excluding hydrogens is 304 g/mol. The van der Waals surface area contributed by atoms with Crippen LogP contribution in [0.2, 0.25) is 0 Å². The molecular formula is C17H24N6O. The molecule has 7 nitrogen and oxygen atoms in total. The van der Waals surface area contributed by atoms with Crippen molar-refractivity contribution in [1.82, 2.24) is 30.8 Å². The van der Waals surface area contributed by atoms with E-state index in [1.54, 1.807) is 0 Å². The van der Waals surface area contributed by atoms with Crippen LogP contribution < -0.4 is 10.6 Å². The number of tetrazole rings is 1. The van der Waals surface area contributed by atoms with Crippen LogP contribution in [0.15, 0.2) is 30.3 Å². The van der Waals surface area contributed by atoms with Crippen LogP contribution in [0.3, 0.4) is 0 Å². The van der Waals surface area contributed by atoms with Crippen LogP contribution in [0.5, 0.6) is 0 Å². The fraction of sp³-hybridized carbons (Fsp3) is 0.529. The number of piperidine rings is 1. The van der Waals surface area contributed by atoms with Gasteiger partial charge in [0.15, 0.2) is 6.04 Å². The van der Waals surface area contributed by atoms with Crippen molar-refractivity contribution in [2.24, 2.45) is 5.92 Å². The molecule has 2 unspecified atom stereocenters. The van der Waals surface area contributed by atoms with Gasteiger partial charge in [-0.2, -0.15) is 4.80 Å². The Morgan fingerprint density at radius 3 is 2.79 bits per heavy atom. The molecule has 7 heteroatoms. The third-order valence-corrected chi connectivity index (χ3v) is 4.25. The summed E-state index contributed by atoms with van der Waals surface area (Å²) in [5.41, 5.74) is 0.892. The summed E-state index contributed by atoms with van der Waals surface area (Å²) in [6, 6.07) is 9.37. The summed E-state index contributed by atoms with van der Waals surface area (Å²) >= 11 is 0. The van der Waals surface area contributed by atoms with Crippen molar-refractivity contribution in [2.75, 3.05) is 13.1 Å². The molecule has 1 saturated heterocycles. The predicted octanol–water partition coefficient (Wildman–Crippen LogP) is 1.41. The lowest BCUT2D eigenvalue weighted by atomic mass is 10.0. The average Bonchev–Trinajstić information content (AvgIpc) is 3.06.